The van der Waals surface area contributed by atoms with Crippen LogP contribution in [-0.2, 0) is 27.5 Å². The van der Waals surface area contributed by atoms with E-state index in [1.54, 1.807) is 48.5 Å². The Morgan fingerprint density at radius 3 is 2.43 bits per heavy atom. The second-order valence-corrected chi connectivity index (χ2v) is 9.61. The molecule has 0 atom stereocenters. The van der Waals surface area contributed by atoms with Crippen LogP contribution in [0.5, 0.6) is 0 Å². The molecule has 13 heteroatoms. The van der Waals surface area contributed by atoms with Crippen molar-refractivity contribution in [2.45, 2.75) is 19.6 Å². The summed E-state index contributed by atoms with van der Waals surface area (Å²) < 4.78 is 65.3. The molecule has 0 saturated heterocycles. The molecule has 1 heterocycles. The van der Waals surface area contributed by atoms with Crippen molar-refractivity contribution >= 4 is 44.8 Å². The summed E-state index contributed by atoms with van der Waals surface area (Å²) in [5.74, 6) is -0.813. The molecule has 0 bridgehead atoms. The van der Waals surface area contributed by atoms with Crippen molar-refractivity contribution in [1.29, 1.82) is 0 Å². The number of hydrogen-bond acceptors (Lipinski definition) is 7. The van der Waals surface area contributed by atoms with Gasteiger partial charge in [0.15, 0.2) is 0 Å². The predicted octanol–water partition coefficient (Wildman–Crippen LogP) is 4.21. The van der Waals surface area contributed by atoms with Crippen molar-refractivity contribution in [3.05, 3.63) is 65.9 Å². The lowest BCUT2D eigenvalue weighted by Gasteiger charge is -2.18. The van der Waals surface area contributed by atoms with Crippen LogP contribution in [0.2, 0.25) is 0 Å². The standard InChI is InChI=1S/C22H23F3N6O3S/c1-14(32)28-16-7-5-8-17(11-16)29-21-27-13-19(22(23,24)25)20(30-21)26-12-15-6-4-9-18(10-15)31(2)35(3,33)34/h4-11,13H,12H2,1-3H3,(H,28,32)(H2,26,27,29,30). The number of rotatable bonds is 8. The van der Waals surface area contributed by atoms with Gasteiger partial charge in [-0.2, -0.15) is 18.2 Å². The van der Waals surface area contributed by atoms with E-state index in [0.717, 1.165) is 10.6 Å². The summed E-state index contributed by atoms with van der Waals surface area (Å²) >= 11 is 0. The molecule has 0 saturated carbocycles. The SMILES string of the molecule is CC(=O)Nc1cccc(Nc2ncc(C(F)(F)F)c(NCc3cccc(N(C)S(C)(=O)=O)c3)n2)c1. The van der Waals surface area contributed by atoms with Crippen molar-refractivity contribution in [3.63, 3.8) is 0 Å². The summed E-state index contributed by atoms with van der Waals surface area (Å²) in [5, 5.41) is 8.10. The van der Waals surface area contributed by atoms with Crippen molar-refractivity contribution in [2.75, 3.05) is 33.6 Å². The van der Waals surface area contributed by atoms with Crippen molar-refractivity contribution in [2.24, 2.45) is 0 Å². The van der Waals surface area contributed by atoms with Crippen molar-refractivity contribution in [3.8, 4) is 0 Å². The number of carbonyl (C=O) groups excluding carboxylic acids is 1. The van der Waals surface area contributed by atoms with Crippen LogP contribution in [0, 0.1) is 0 Å². The molecule has 0 aliphatic rings. The summed E-state index contributed by atoms with van der Waals surface area (Å²) in [6.45, 7) is 1.30. The highest BCUT2D eigenvalue weighted by atomic mass is 32.2. The summed E-state index contributed by atoms with van der Waals surface area (Å²) in [6.07, 6.45) is -2.98. The third-order valence-corrected chi connectivity index (χ3v) is 5.97. The third kappa shape index (κ3) is 7.06. The Kier molecular flexibility index (Phi) is 7.48. The molecule has 9 nitrogen and oxygen atoms in total. The van der Waals surface area contributed by atoms with Crippen LogP contribution in [0.3, 0.4) is 0 Å². The largest absolute Gasteiger partial charge is 0.421 e. The maximum Gasteiger partial charge on any atom is 0.421 e. The Bertz CT molecular complexity index is 1330. The molecular formula is C22H23F3N6O3S. The van der Waals surface area contributed by atoms with Crippen LogP contribution in [0.15, 0.2) is 54.7 Å². The van der Waals surface area contributed by atoms with Gasteiger partial charge < -0.3 is 16.0 Å². The van der Waals surface area contributed by atoms with E-state index in [1.807, 2.05) is 0 Å². The average molecular weight is 509 g/mol. The van der Waals surface area contributed by atoms with Gasteiger partial charge in [-0.25, -0.2) is 13.4 Å². The topological polar surface area (TPSA) is 116 Å². The maximum absolute atomic E-state index is 13.6. The molecule has 1 aromatic heterocycles. The molecular weight excluding hydrogens is 485 g/mol. The minimum atomic E-state index is -4.70. The zero-order chi connectivity index (χ0) is 25.8. The lowest BCUT2D eigenvalue weighted by atomic mass is 10.2. The molecule has 2 aromatic carbocycles. The molecule has 0 fully saturated rings. The highest BCUT2D eigenvalue weighted by molar-refractivity contribution is 7.92. The first-order valence-corrected chi connectivity index (χ1v) is 12.0. The molecule has 0 unspecified atom stereocenters. The predicted molar refractivity (Wildman–Crippen MR) is 128 cm³/mol. The minimum Gasteiger partial charge on any atom is -0.365 e. The van der Waals surface area contributed by atoms with Gasteiger partial charge in [-0.15, -0.1) is 0 Å². The molecule has 1 amide bonds. The highest BCUT2D eigenvalue weighted by Crippen LogP contribution is 2.34. The zero-order valence-corrected chi connectivity index (χ0v) is 19.8. The van der Waals surface area contributed by atoms with E-state index in [9.17, 15) is 26.4 Å². The molecule has 0 aliphatic heterocycles. The van der Waals surface area contributed by atoms with E-state index in [2.05, 4.69) is 25.9 Å². The number of aromatic nitrogens is 2. The molecule has 186 valence electrons. The smallest absolute Gasteiger partial charge is 0.365 e. The fourth-order valence-corrected chi connectivity index (χ4v) is 3.53. The number of amides is 1. The number of nitrogens with one attached hydrogen (secondary N) is 3. The third-order valence-electron chi connectivity index (χ3n) is 4.76. The fourth-order valence-electron chi connectivity index (χ4n) is 3.03. The van der Waals surface area contributed by atoms with Crippen LogP contribution in [0.1, 0.15) is 18.1 Å². The fraction of sp³-hybridized carbons (Fsp3) is 0.227. The number of hydrogen-bond donors (Lipinski definition) is 3. The number of nitrogens with zero attached hydrogens (tertiary/aromatic N) is 3. The van der Waals surface area contributed by atoms with Gasteiger partial charge in [0.2, 0.25) is 21.9 Å². The Morgan fingerprint density at radius 1 is 1.09 bits per heavy atom. The number of carbonyl (C=O) groups is 1. The molecule has 0 spiro atoms. The lowest BCUT2D eigenvalue weighted by molar-refractivity contribution is -0.137. The lowest BCUT2D eigenvalue weighted by Crippen LogP contribution is -2.24. The summed E-state index contributed by atoms with van der Waals surface area (Å²) in [5.41, 5.74) is 0.804. The van der Waals surface area contributed by atoms with E-state index in [4.69, 9.17) is 0 Å². The first-order chi connectivity index (χ1) is 16.3. The molecule has 3 rings (SSSR count). The van der Waals surface area contributed by atoms with Gasteiger partial charge >= 0.3 is 6.18 Å². The Morgan fingerprint density at radius 2 is 1.77 bits per heavy atom. The Hall–Kier alpha value is -3.87. The second-order valence-electron chi connectivity index (χ2n) is 7.59. The minimum absolute atomic E-state index is 0.0526. The van der Waals surface area contributed by atoms with Gasteiger partial charge in [0.25, 0.3) is 0 Å². The Labute approximate surface area is 200 Å². The van der Waals surface area contributed by atoms with Crippen LogP contribution in [0.4, 0.5) is 42.0 Å². The highest BCUT2D eigenvalue weighted by Gasteiger charge is 2.35. The quantitative estimate of drug-likeness (QED) is 0.418. The van der Waals surface area contributed by atoms with Gasteiger partial charge in [0, 0.05) is 38.1 Å². The normalized spacial score (nSPS) is 11.6. The first kappa shape index (κ1) is 25.7. The average Bonchev–Trinajstić information content (AvgIpc) is 2.76. The van der Waals surface area contributed by atoms with E-state index >= 15 is 0 Å². The summed E-state index contributed by atoms with van der Waals surface area (Å²) in [4.78, 5) is 19.0. The van der Waals surface area contributed by atoms with E-state index < -0.39 is 27.6 Å². The molecule has 3 N–H and O–H groups in total. The molecule has 35 heavy (non-hydrogen) atoms. The van der Waals surface area contributed by atoms with Gasteiger partial charge in [-0.05, 0) is 35.9 Å². The molecule has 0 aliphatic carbocycles. The second kappa shape index (κ2) is 10.2. The first-order valence-electron chi connectivity index (χ1n) is 10.2. The van der Waals surface area contributed by atoms with E-state index in [-0.39, 0.29) is 18.4 Å². The Balaban J connectivity index is 1.85. The van der Waals surface area contributed by atoms with Gasteiger partial charge in [-0.3, -0.25) is 9.10 Å². The summed E-state index contributed by atoms with van der Waals surface area (Å²) in [7, 11) is -2.12. The number of alkyl halides is 3. The number of benzene rings is 2. The van der Waals surface area contributed by atoms with Crippen LogP contribution in [-0.4, -0.2) is 37.6 Å². The summed E-state index contributed by atoms with van der Waals surface area (Å²) in [6, 6.07) is 12.9. The van der Waals surface area contributed by atoms with E-state index in [1.165, 1.54) is 14.0 Å². The molecule has 3 aromatic rings. The number of sulfonamides is 1. The van der Waals surface area contributed by atoms with Gasteiger partial charge in [0.1, 0.15) is 11.4 Å². The van der Waals surface area contributed by atoms with Crippen LogP contribution >= 0.6 is 0 Å². The number of halogens is 3. The van der Waals surface area contributed by atoms with Crippen LogP contribution in [0.25, 0.3) is 0 Å². The maximum atomic E-state index is 13.6. The van der Waals surface area contributed by atoms with Crippen molar-refractivity contribution in [1.82, 2.24) is 9.97 Å². The monoisotopic (exact) mass is 508 g/mol. The zero-order valence-electron chi connectivity index (χ0n) is 19.0. The van der Waals surface area contributed by atoms with Crippen molar-refractivity contribution < 1.29 is 26.4 Å². The van der Waals surface area contributed by atoms with E-state index in [0.29, 0.717) is 28.8 Å². The van der Waals surface area contributed by atoms with Crippen LogP contribution < -0.4 is 20.3 Å². The van der Waals surface area contributed by atoms with Gasteiger partial charge in [-0.1, -0.05) is 18.2 Å². The number of anilines is 5. The van der Waals surface area contributed by atoms with Gasteiger partial charge in [0.05, 0.1) is 11.9 Å². The molecule has 0 radical (unpaired) electrons.